The Labute approximate surface area is 101 Å². The van der Waals surface area contributed by atoms with Crippen LogP contribution in [0.2, 0.25) is 0 Å². The van der Waals surface area contributed by atoms with E-state index >= 15 is 0 Å². The molecule has 0 amide bonds. The molecule has 5 heteroatoms. The van der Waals surface area contributed by atoms with Gasteiger partial charge < -0.3 is 15.7 Å². The lowest BCUT2D eigenvalue weighted by atomic mass is 10.00. The molecule has 1 aliphatic carbocycles. The molecule has 2 aliphatic rings. The first-order valence-electron chi connectivity index (χ1n) is 6.23. The number of hydrogen-bond donors (Lipinski definition) is 2. The van der Waals surface area contributed by atoms with Gasteiger partial charge in [0.2, 0.25) is 0 Å². The molecule has 0 aromatic carbocycles. The standard InChI is InChI=1S/C12H18N4O/c13-5-8-3-4-14-15-12(8)16-6-9-1-2-11(17)10(9)7-16/h3-4,9-11,17H,1-2,5-7,13H2. The van der Waals surface area contributed by atoms with Crippen LogP contribution in [0, 0.1) is 11.8 Å². The fourth-order valence-corrected chi connectivity index (χ4v) is 3.19. The van der Waals surface area contributed by atoms with Crippen LogP contribution in [0.25, 0.3) is 0 Å². The van der Waals surface area contributed by atoms with E-state index < -0.39 is 0 Å². The average Bonchev–Trinajstić information content (AvgIpc) is 2.92. The van der Waals surface area contributed by atoms with Crippen LogP contribution in [0.1, 0.15) is 18.4 Å². The van der Waals surface area contributed by atoms with Crippen molar-refractivity contribution in [1.29, 1.82) is 0 Å². The van der Waals surface area contributed by atoms with E-state index in [1.807, 2.05) is 6.07 Å². The summed E-state index contributed by atoms with van der Waals surface area (Å²) in [5, 5.41) is 18.0. The Morgan fingerprint density at radius 1 is 1.41 bits per heavy atom. The van der Waals surface area contributed by atoms with E-state index in [2.05, 4.69) is 15.1 Å². The summed E-state index contributed by atoms with van der Waals surface area (Å²) < 4.78 is 0. The molecule has 1 aromatic heterocycles. The van der Waals surface area contributed by atoms with Crippen LogP contribution in [-0.2, 0) is 6.54 Å². The molecule has 1 aliphatic heterocycles. The zero-order valence-electron chi connectivity index (χ0n) is 9.79. The molecule has 0 bridgehead atoms. The Morgan fingerprint density at radius 3 is 3.06 bits per heavy atom. The Balaban J connectivity index is 1.82. The van der Waals surface area contributed by atoms with Gasteiger partial charge in [-0.25, -0.2) is 0 Å². The monoisotopic (exact) mass is 234 g/mol. The molecule has 92 valence electrons. The highest BCUT2D eigenvalue weighted by Crippen LogP contribution is 2.39. The van der Waals surface area contributed by atoms with Gasteiger partial charge >= 0.3 is 0 Å². The van der Waals surface area contributed by atoms with Crippen LogP contribution in [0.5, 0.6) is 0 Å². The predicted molar refractivity (Wildman–Crippen MR) is 64.4 cm³/mol. The summed E-state index contributed by atoms with van der Waals surface area (Å²) in [6, 6.07) is 1.92. The maximum atomic E-state index is 9.90. The molecule has 2 fully saturated rings. The first kappa shape index (κ1) is 10.9. The van der Waals surface area contributed by atoms with Crippen molar-refractivity contribution in [3.05, 3.63) is 17.8 Å². The molecule has 2 heterocycles. The smallest absolute Gasteiger partial charge is 0.155 e. The number of aliphatic hydroxyl groups excluding tert-OH is 1. The fraction of sp³-hybridized carbons (Fsp3) is 0.667. The Bertz CT molecular complexity index is 411. The third-order valence-electron chi connectivity index (χ3n) is 4.12. The number of hydrogen-bond acceptors (Lipinski definition) is 5. The molecular weight excluding hydrogens is 216 g/mol. The van der Waals surface area contributed by atoms with E-state index in [0.29, 0.717) is 18.4 Å². The second kappa shape index (κ2) is 4.23. The Hall–Kier alpha value is -1.20. The second-order valence-electron chi connectivity index (χ2n) is 5.06. The van der Waals surface area contributed by atoms with Crippen LogP contribution >= 0.6 is 0 Å². The van der Waals surface area contributed by atoms with Gasteiger partial charge in [0.25, 0.3) is 0 Å². The van der Waals surface area contributed by atoms with Gasteiger partial charge in [0, 0.05) is 31.1 Å². The highest BCUT2D eigenvalue weighted by atomic mass is 16.3. The maximum absolute atomic E-state index is 9.90. The molecule has 3 atom stereocenters. The van der Waals surface area contributed by atoms with Gasteiger partial charge in [-0.05, 0) is 24.8 Å². The molecule has 1 aromatic rings. The summed E-state index contributed by atoms with van der Waals surface area (Å²) in [4.78, 5) is 2.23. The summed E-state index contributed by atoms with van der Waals surface area (Å²) in [5.41, 5.74) is 6.75. The zero-order valence-corrected chi connectivity index (χ0v) is 9.79. The Morgan fingerprint density at radius 2 is 2.29 bits per heavy atom. The van der Waals surface area contributed by atoms with Crippen molar-refractivity contribution in [1.82, 2.24) is 10.2 Å². The van der Waals surface area contributed by atoms with E-state index in [-0.39, 0.29) is 6.10 Å². The number of aliphatic hydroxyl groups is 1. The molecule has 1 saturated carbocycles. The summed E-state index contributed by atoms with van der Waals surface area (Å²) in [5.74, 6) is 1.91. The van der Waals surface area contributed by atoms with Crippen molar-refractivity contribution >= 4 is 5.82 Å². The molecule has 1 saturated heterocycles. The average molecular weight is 234 g/mol. The number of fused-ring (bicyclic) bond motifs is 1. The minimum atomic E-state index is -0.136. The fourth-order valence-electron chi connectivity index (χ4n) is 3.19. The number of anilines is 1. The van der Waals surface area contributed by atoms with E-state index in [9.17, 15) is 5.11 Å². The molecular formula is C12H18N4O. The van der Waals surface area contributed by atoms with Gasteiger partial charge in [0.1, 0.15) is 0 Å². The van der Waals surface area contributed by atoms with Crippen LogP contribution < -0.4 is 10.6 Å². The van der Waals surface area contributed by atoms with Gasteiger partial charge in [0.15, 0.2) is 5.82 Å². The molecule has 3 N–H and O–H groups in total. The second-order valence-corrected chi connectivity index (χ2v) is 5.06. The van der Waals surface area contributed by atoms with E-state index in [4.69, 9.17) is 5.73 Å². The van der Waals surface area contributed by atoms with Crippen molar-refractivity contribution < 1.29 is 5.11 Å². The lowest BCUT2D eigenvalue weighted by molar-refractivity contribution is 0.133. The molecule has 0 radical (unpaired) electrons. The Kier molecular flexibility index (Phi) is 2.72. The molecule has 17 heavy (non-hydrogen) atoms. The quantitative estimate of drug-likeness (QED) is 0.761. The largest absolute Gasteiger partial charge is 0.393 e. The first-order valence-corrected chi connectivity index (χ1v) is 6.23. The first-order chi connectivity index (χ1) is 8.29. The highest BCUT2D eigenvalue weighted by molar-refractivity contribution is 5.47. The molecule has 0 spiro atoms. The van der Waals surface area contributed by atoms with Crippen LogP contribution in [0.15, 0.2) is 12.3 Å². The van der Waals surface area contributed by atoms with Gasteiger partial charge in [-0.1, -0.05) is 0 Å². The predicted octanol–water partition coefficient (Wildman–Crippen LogP) is 0.142. The number of nitrogens with two attached hydrogens (primary N) is 1. The summed E-state index contributed by atoms with van der Waals surface area (Å²) in [6.07, 6.45) is 3.62. The normalized spacial score (nSPS) is 31.9. The zero-order chi connectivity index (χ0) is 11.8. The molecule has 3 unspecified atom stereocenters. The van der Waals surface area contributed by atoms with E-state index in [1.165, 1.54) is 0 Å². The minimum Gasteiger partial charge on any atom is -0.393 e. The van der Waals surface area contributed by atoms with Crippen LogP contribution in [0.3, 0.4) is 0 Å². The minimum absolute atomic E-state index is 0.136. The topological polar surface area (TPSA) is 75.3 Å². The number of aromatic nitrogens is 2. The molecule has 5 nitrogen and oxygen atoms in total. The van der Waals surface area contributed by atoms with Crippen molar-refractivity contribution in [2.75, 3.05) is 18.0 Å². The van der Waals surface area contributed by atoms with Crippen molar-refractivity contribution in [3.8, 4) is 0 Å². The van der Waals surface area contributed by atoms with Gasteiger partial charge in [-0.2, -0.15) is 5.10 Å². The van der Waals surface area contributed by atoms with Gasteiger partial charge in [0.05, 0.1) is 12.3 Å². The lowest BCUT2D eigenvalue weighted by Crippen LogP contribution is -2.26. The summed E-state index contributed by atoms with van der Waals surface area (Å²) >= 11 is 0. The number of rotatable bonds is 2. The van der Waals surface area contributed by atoms with Crippen LogP contribution in [-0.4, -0.2) is 34.5 Å². The van der Waals surface area contributed by atoms with Gasteiger partial charge in [-0.3, -0.25) is 0 Å². The molecule has 3 rings (SSSR count). The lowest BCUT2D eigenvalue weighted by Gasteiger charge is -2.20. The third kappa shape index (κ3) is 1.79. The van der Waals surface area contributed by atoms with Crippen molar-refractivity contribution in [3.63, 3.8) is 0 Å². The highest BCUT2D eigenvalue weighted by Gasteiger charge is 2.42. The number of nitrogens with zero attached hydrogens (tertiary/aromatic N) is 3. The third-order valence-corrected chi connectivity index (χ3v) is 4.12. The maximum Gasteiger partial charge on any atom is 0.155 e. The van der Waals surface area contributed by atoms with Crippen LogP contribution in [0.4, 0.5) is 5.82 Å². The summed E-state index contributed by atoms with van der Waals surface area (Å²) in [6.45, 7) is 2.35. The SMILES string of the molecule is NCc1ccnnc1N1CC2CCC(O)C2C1. The van der Waals surface area contributed by atoms with Crippen molar-refractivity contribution in [2.24, 2.45) is 17.6 Å². The van der Waals surface area contributed by atoms with Crippen molar-refractivity contribution in [2.45, 2.75) is 25.5 Å². The van der Waals surface area contributed by atoms with Gasteiger partial charge in [-0.15, -0.1) is 5.10 Å². The van der Waals surface area contributed by atoms with E-state index in [0.717, 1.165) is 37.3 Å². The van der Waals surface area contributed by atoms with E-state index in [1.54, 1.807) is 6.20 Å². The summed E-state index contributed by atoms with van der Waals surface area (Å²) in [7, 11) is 0.